The van der Waals surface area contributed by atoms with Crippen LogP contribution in [0.25, 0.3) is 0 Å². The third-order valence-corrected chi connectivity index (χ3v) is 10.6. The van der Waals surface area contributed by atoms with Crippen LogP contribution in [0.1, 0.15) is 24.4 Å². The van der Waals surface area contributed by atoms with Crippen LogP contribution in [-0.2, 0) is 0 Å². The molecule has 1 unspecified atom stereocenters. The molecule has 134 valence electrons. The van der Waals surface area contributed by atoms with Gasteiger partial charge in [0.25, 0.3) is 0 Å². The fourth-order valence-corrected chi connectivity index (χ4v) is 8.50. The number of nitrogens with zero attached hydrogens (tertiary/aromatic N) is 1. The number of likely N-dealkylation sites (tertiary alicyclic amines) is 1. The number of benzene rings is 3. The third-order valence-electron chi connectivity index (χ3n) is 6.08. The Bertz CT molecular complexity index is 820. The molecule has 1 heterocycles. The monoisotopic (exact) mass is 361 g/mol. The second-order valence-corrected chi connectivity index (χ2v) is 11.5. The van der Waals surface area contributed by atoms with Gasteiger partial charge in [-0.3, -0.25) is 0 Å². The molecule has 1 aliphatic rings. The summed E-state index contributed by atoms with van der Waals surface area (Å²) in [6.07, 6.45) is 2.56. The van der Waals surface area contributed by atoms with Crippen LogP contribution in [0.3, 0.4) is 0 Å². The first-order valence-electron chi connectivity index (χ1n) is 9.62. The van der Waals surface area contributed by atoms with E-state index in [2.05, 4.69) is 104 Å². The molecule has 3 aromatic carbocycles. The molecule has 1 fully saturated rings. The fraction of sp³-hybridized carbons (Fsp3) is 0.250. The molecule has 0 amide bonds. The van der Waals surface area contributed by atoms with E-state index in [-0.39, 0.29) is 0 Å². The Balaban J connectivity index is 1.94. The predicted octanol–water partition coefficient (Wildman–Crippen LogP) is 4.11. The van der Waals surface area contributed by atoms with Gasteiger partial charge in [0.2, 0.25) is 0 Å². The van der Waals surface area contributed by atoms with Crippen molar-refractivity contribution in [3.05, 3.63) is 90.5 Å². The Kier molecular flexibility index (Phi) is 4.94. The minimum absolute atomic E-state index is 0.547. The minimum atomic E-state index is -2.05. The summed E-state index contributed by atoms with van der Waals surface area (Å²) in [5.74, 6) is 0. The van der Waals surface area contributed by atoms with E-state index in [1.807, 2.05) is 0 Å². The Morgan fingerprint density at radius 2 is 1.31 bits per heavy atom. The van der Waals surface area contributed by atoms with Crippen molar-refractivity contribution in [1.29, 1.82) is 0 Å². The van der Waals surface area contributed by atoms with Crippen molar-refractivity contribution in [3.63, 3.8) is 0 Å². The van der Waals surface area contributed by atoms with E-state index in [9.17, 15) is 0 Å². The van der Waals surface area contributed by atoms with Crippen LogP contribution in [0.15, 0.2) is 84.9 Å². The van der Waals surface area contributed by atoms with E-state index < -0.39 is 7.26 Å². The van der Waals surface area contributed by atoms with Gasteiger partial charge in [-0.05, 0) is 0 Å². The van der Waals surface area contributed by atoms with Crippen LogP contribution in [0.4, 0.5) is 0 Å². The van der Waals surface area contributed by atoms with Crippen molar-refractivity contribution in [2.75, 3.05) is 20.3 Å². The number of hydrogen-bond donors (Lipinski definition) is 0. The van der Waals surface area contributed by atoms with E-state index in [4.69, 9.17) is 0 Å². The molecule has 1 atom stereocenters. The van der Waals surface area contributed by atoms with Crippen molar-refractivity contribution in [1.82, 2.24) is 4.90 Å². The maximum atomic E-state index is 2.53. The summed E-state index contributed by atoms with van der Waals surface area (Å²) in [7, 11) is 0.230. The summed E-state index contributed by atoms with van der Waals surface area (Å²) in [6.45, 7) is 3.72. The summed E-state index contributed by atoms with van der Waals surface area (Å²) in [5, 5.41) is 4.54. The Labute approximate surface area is 158 Å². The average molecular weight is 361 g/mol. The van der Waals surface area contributed by atoms with Crippen LogP contribution < -0.4 is 15.9 Å². The summed E-state index contributed by atoms with van der Waals surface area (Å²) >= 11 is 0. The summed E-state index contributed by atoms with van der Waals surface area (Å²) in [6, 6.07) is 32.1. The van der Waals surface area contributed by atoms with Gasteiger partial charge in [0.05, 0.1) is 0 Å². The third kappa shape index (κ3) is 3.00. The van der Waals surface area contributed by atoms with Gasteiger partial charge in [0, 0.05) is 0 Å². The Hall–Kier alpha value is -1.95. The standard InChI is InChI=1S/C24H28NP/c1-25-19-11-17-23(25)22-16-9-10-18-24(22)26(2,20-12-5-3-6-13-20)21-14-7-4-8-15-21/h3-10,12-16,18,23,26H,11,17,19H2,1-2H3. The summed E-state index contributed by atoms with van der Waals surface area (Å²) < 4.78 is 0. The predicted molar refractivity (Wildman–Crippen MR) is 117 cm³/mol. The maximum absolute atomic E-state index is 2.53. The molecule has 3 aromatic rings. The molecule has 0 aliphatic carbocycles. The van der Waals surface area contributed by atoms with Crippen LogP contribution >= 0.6 is 7.26 Å². The van der Waals surface area contributed by atoms with Crippen molar-refractivity contribution in [2.24, 2.45) is 0 Å². The molecule has 0 radical (unpaired) electrons. The van der Waals surface area contributed by atoms with Crippen LogP contribution in [0, 0.1) is 0 Å². The van der Waals surface area contributed by atoms with Crippen molar-refractivity contribution >= 4 is 23.2 Å². The normalized spacial score (nSPS) is 18.8. The van der Waals surface area contributed by atoms with Gasteiger partial charge < -0.3 is 0 Å². The molecule has 26 heavy (non-hydrogen) atoms. The molecule has 0 aromatic heterocycles. The molecule has 0 N–H and O–H groups in total. The quantitative estimate of drug-likeness (QED) is 0.632. The Morgan fingerprint density at radius 3 is 1.85 bits per heavy atom. The molecule has 0 bridgehead atoms. The van der Waals surface area contributed by atoms with E-state index in [1.54, 1.807) is 5.30 Å². The van der Waals surface area contributed by atoms with Crippen molar-refractivity contribution in [3.8, 4) is 0 Å². The van der Waals surface area contributed by atoms with E-state index in [0.717, 1.165) is 0 Å². The van der Waals surface area contributed by atoms with Crippen LogP contribution in [0.2, 0.25) is 0 Å². The first kappa shape index (κ1) is 17.5. The molecular weight excluding hydrogens is 333 g/mol. The molecular formula is C24H28NP. The second-order valence-electron chi connectivity index (χ2n) is 7.58. The van der Waals surface area contributed by atoms with Gasteiger partial charge in [-0.25, -0.2) is 0 Å². The molecule has 0 spiro atoms. The van der Waals surface area contributed by atoms with Gasteiger partial charge in [-0.15, -0.1) is 0 Å². The molecule has 0 saturated carbocycles. The van der Waals surface area contributed by atoms with Crippen molar-refractivity contribution < 1.29 is 0 Å². The summed E-state index contributed by atoms with van der Waals surface area (Å²) in [4.78, 5) is 2.53. The van der Waals surface area contributed by atoms with E-state index >= 15 is 0 Å². The zero-order valence-electron chi connectivity index (χ0n) is 15.7. The molecule has 4 rings (SSSR count). The average Bonchev–Trinajstić information content (AvgIpc) is 3.14. The first-order valence-corrected chi connectivity index (χ1v) is 12.1. The topological polar surface area (TPSA) is 3.24 Å². The number of rotatable bonds is 4. The zero-order valence-corrected chi connectivity index (χ0v) is 16.7. The van der Waals surface area contributed by atoms with Gasteiger partial charge in [0.15, 0.2) is 0 Å². The molecule has 1 aliphatic heterocycles. The fourth-order valence-electron chi connectivity index (χ4n) is 4.57. The van der Waals surface area contributed by atoms with Crippen molar-refractivity contribution in [2.45, 2.75) is 18.9 Å². The first-order chi connectivity index (χ1) is 12.7. The Morgan fingerprint density at radius 1 is 0.769 bits per heavy atom. The zero-order chi connectivity index (χ0) is 18.0. The number of hydrogen-bond acceptors (Lipinski definition) is 1. The van der Waals surface area contributed by atoms with Crippen LogP contribution in [0.5, 0.6) is 0 Å². The van der Waals surface area contributed by atoms with Gasteiger partial charge >= 0.3 is 158 Å². The summed E-state index contributed by atoms with van der Waals surface area (Å²) in [5.41, 5.74) is 1.54. The van der Waals surface area contributed by atoms with E-state index in [1.165, 1.54) is 35.6 Å². The molecule has 1 nitrogen and oxygen atoms in total. The molecule has 2 heteroatoms. The SMILES string of the molecule is CN1CCCC1c1ccccc1[PH](C)(c1ccccc1)c1ccccc1. The van der Waals surface area contributed by atoms with Gasteiger partial charge in [0.1, 0.15) is 0 Å². The molecule has 1 saturated heterocycles. The van der Waals surface area contributed by atoms with Gasteiger partial charge in [-0.2, -0.15) is 0 Å². The van der Waals surface area contributed by atoms with Gasteiger partial charge in [-0.1, -0.05) is 0 Å². The van der Waals surface area contributed by atoms with Crippen LogP contribution in [-0.4, -0.2) is 25.2 Å². The second kappa shape index (κ2) is 7.35. The van der Waals surface area contributed by atoms with E-state index in [0.29, 0.717) is 6.04 Å².